The van der Waals surface area contributed by atoms with Crippen LogP contribution < -0.4 is 15.8 Å². The Morgan fingerprint density at radius 3 is 2.89 bits per heavy atom. The van der Waals surface area contributed by atoms with Gasteiger partial charge in [0.1, 0.15) is 12.4 Å². The SMILES string of the molecule is Nc1ccc(OCCO)c(NCc2csc(Cl)c2)c1. The second-order valence-electron chi connectivity index (χ2n) is 3.94. The molecule has 0 spiro atoms. The molecule has 2 aromatic rings. The molecule has 0 aliphatic carbocycles. The lowest BCUT2D eigenvalue weighted by Gasteiger charge is -2.13. The predicted molar refractivity (Wildman–Crippen MR) is 80.1 cm³/mol. The Bertz CT molecular complexity index is 545. The molecule has 0 aliphatic rings. The summed E-state index contributed by atoms with van der Waals surface area (Å²) in [6.07, 6.45) is 0. The second-order valence-corrected chi connectivity index (χ2v) is 5.48. The molecule has 1 aromatic carbocycles. The van der Waals surface area contributed by atoms with Crippen molar-refractivity contribution in [2.75, 3.05) is 24.3 Å². The molecule has 4 nitrogen and oxygen atoms in total. The number of ether oxygens (including phenoxy) is 1. The van der Waals surface area contributed by atoms with E-state index in [1.165, 1.54) is 11.3 Å². The van der Waals surface area contributed by atoms with Gasteiger partial charge < -0.3 is 20.9 Å². The van der Waals surface area contributed by atoms with Gasteiger partial charge in [0.05, 0.1) is 16.6 Å². The van der Waals surface area contributed by atoms with Crippen LogP contribution in [0.5, 0.6) is 5.75 Å². The number of anilines is 2. The van der Waals surface area contributed by atoms with E-state index in [1.54, 1.807) is 18.2 Å². The third-order valence-corrected chi connectivity index (χ3v) is 3.60. The average Bonchev–Trinajstić information content (AvgIpc) is 2.81. The highest BCUT2D eigenvalue weighted by Crippen LogP contribution is 2.28. The van der Waals surface area contributed by atoms with Crippen LogP contribution in [-0.2, 0) is 6.54 Å². The molecule has 1 heterocycles. The van der Waals surface area contributed by atoms with E-state index in [2.05, 4.69) is 5.32 Å². The summed E-state index contributed by atoms with van der Waals surface area (Å²) in [7, 11) is 0. The monoisotopic (exact) mass is 298 g/mol. The van der Waals surface area contributed by atoms with Crippen LogP contribution in [0.25, 0.3) is 0 Å². The van der Waals surface area contributed by atoms with Crippen LogP contribution in [0, 0.1) is 0 Å². The Kier molecular flexibility index (Phi) is 4.90. The highest BCUT2D eigenvalue weighted by molar-refractivity contribution is 7.14. The minimum absolute atomic E-state index is 0.0239. The predicted octanol–water partition coefficient (Wildman–Crippen LogP) is 2.97. The van der Waals surface area contributed by atoms with Gasteiger partial charge in [0.2, 0.25) is 0 Å². The summed E-state index contributed by atoms with van der Waals surface area (Å²) in [4.78, 5) is 0. The van der Waals surface area contributed by atoms with Crippen molar-refractivity contribution in [2.24, 2.45) is 0 Å². The van der Waals surface area contributed by atoms with Crippen LogP contribution in [0.1, 0.15) is 5.56 Å². The van der Waals surface area contributed by atoms with Gasteiger partial charge in [0.15, 0.2) is 0 Å². The van der Waals surface area contributed by atoms with E-state index in [0.717, 1.165) is 15.6 Å². The number of nitrogen functional groups attached to an aromatic ring is 1. The van der Waals surface area contributed by atoms with Crippen molar-refractivity contribution in [3.8, 4) is 5.75 Å². The number of aliphatic hydroxyl groups excluding tert-OH is 1. The van der Waals surface area contributed by atoms with Gasteiger partial charge in [-0.05, 0) is 35.2 Å². The molecule has 102 valence electrons. The van der Waals surface area contributed by atoms with Gasteiger partial charge in [0.25, 0.3) is 0 Å². The van der Waals surface area contributed by atoms with E-state index >= 15 is 0 Å². The third kappa shape index (κ3) is 4.02. The molecule has 0 amide bonds. The van der Waals surface area contributed by atoms with Gasteiger partial charge in [0, 0.05) is 12.2 Å². The smallest absolute Gasteiger partial charge is 0.142 e. The lowest BCUT2D eigenvalue weighted by molar-refractivity contribution is 0.202. The van der Waals surface area contributed by atoms with Crippen molar-refractivity contribution in [2.45, 2.75) is 6.54 Å². The van der Waals surface area contributed by atoms with Crippen LogP contribution >= 0.6 is 22.9 Å². The molecule has 0 saturated carbocycles. The Morgan fingerprint density at radius 1 is 1.37 bits per heavy atom. The Balaban J connectivity index is 2.06. The number of rotatable bonds is 6. The fraction of sp³-hybridized carbons (Fsp3) is 0.231. The lowest BCUT2D eigenvalue weighted by atomic mass is 10.2. The standard InChI is InChI=1S/C13H15ClN2O2S/c14-13-5-9(8-19-13)7-16-11-6-10(15)1-2-12(11)18-4-3-17/h1-2,5-6,8,16-17H,3-4,7,15H2. The van der Waals surface area contributed by atoms with Gasteiger partial charge in [-0.1, -0.05) is 11.6 Å². The topological polar surface area (TPSA) is 67.5 Å². The highest BCUT2D eigenvalue weighted by atomic mass is 35.5. The summed E-state index contributed by atoms with van der Waals surface area (Å²) in [6, 6.07) is 7.27. The van der Waals surface area contributed by atoms with Gasteiger partial charge in [-0.15, -0.1) is 11.3 Å². The number of hydrogen-bond acceptors (Lipinski definition) is 5. The number of halogens is 1. The largest absolute Gasteiger partial charge is 0.489 e. The number of hydrogen-bond donors (Lipinski definition) is 3. The maximum absolute atomic E-state index is 8.80. The fourth-order valence-electron chi connectivity index (χ4n) is 1.60. The quantitative estimate of drug-likeness (QED) is 0.717. The summed E-state index contributed by atoms with van der Waals surface area (Å²) in [6.45, 7) is 0.870. The summed E-state index contributed by atoms with van der Waals surface area (Å²) in [5.41, 5.74) is 8.32. The first-order chi connectivity index (χ1) is 9.19. The van der Waals surface area contributed by atoms with Gasteiger partial charge in [-0.2, -0.15) is 0 Å². The van der Waals surface area contributed by atoms with Crippen molar-refractivity contribution in [3.63, 3.8) is 0 Å². The average molecular weight is 299 g/mol. The highest BCUT2D eigenvalue weighted by Gasteiger charge is 2.05. The Morgan fingerprint density at radius 2 is 2.21 bits per heavy atom. The Hall–Kier alpha value is -1.43. The zero-order valence-electron chi connectivity index (χ0n) is 10.2. The number of thiophene rings is 1. The molecule has 0 bridgehead atoms. The van der Waals surface area contributed by atoms with E-state index < -0.39 is 0 Å². The molecule has 19 heavy (non-hydrogen) atoms. The minimum Gasteiger partial charge on any atom is -0.489 e. The molecule has 1 aromatic heterocycles. The van der Waals surface area contributed by atoms with Crippen molar-refractivity contribution >= 4 is 34.3 Å². The van der Waals surface area contributed by atoms with Gasteiger partial charge in [-0.3, -0.25) is 0 Å². The first-order valence-corrected chi connectivity index (χ1v) is 7.05. The molecular formula is C13H15ClN2O2S. The van der Waals surface area contributed by atoms with E-state index in [1.807, 2.05) is 11.4 Å². The van der Waals surface area contributed by atoms with Crippen molar-refractivity contribution in [3.05, 3.63) is 39.5 Å². The van der Waals surface area contributed by atoms with Crippen LogP contribution in [0.4, 0.5) is 11.4 Å². The maximum atomic E-state index is 8.80. The zero-order valence-corrected chi connectivity index (χ0v) is 11.8. The Labute approximate surface area is 120 Å². The number of benzene rings is 1. The molecule has 4 N–H and O–H groups in total. The minimum atomic E-state index is -0.0239. The summed E-state index contributed by atoms with van der Waals surface area (Å²) < 4.78 is 6.21. The fourth-order valence-corrected chi connectivity index (χ4v) is 2.51. The molecule has 6 heteroatoms. The lowest BCUT2D eigenvalue weighted by Crippen LogP contribution is -2.06. The van der Waals surface area contributed by atoms with Crippen LogP contribution in [0.3, 0.4) is 0 Å². The molecule has 0 fully saturated rings. The van der Waals surface area contributed by atoms with E-state index in [0.29, 0.717) is 18.0 Å². The maximum Gasteiger partial charge on any atom is 0.142 e. The van der Waals surface area contributed by atoms with E-state index in [-0.39, 0.29) is 13.2 Å². The molecule has 0 radical (unpaired) electrons. The molecule has 0 atom stereocenters. The normalized spacial score (nSPS) is 10.4. The zero-order chi connectivity index (χ0) is 13.7. The number of nitrogens with one attached hydrogen (secondary N) is 1. The van der Waals surface area contributed by atoms with Crippen molar-refractivity contribution < 1.29 is 9.84 Å². The second kappa shape index (κ2) is 6.65. The van der Waals surface area contributed by atoms with Crippen LogP contribution in [-0.4, -0.2) is 18.3 Å². The van der Waals surface area contributed by atoms with Crippen LogP contribution in [0.15, 0.2) is 29.6 Å². The molecule has 0 unspecified atom stereocenters. The van der Waals surface area contributed by atoms with Gasteiger partial charge >= 0.3 is 0 Å². The summed E-state index contributed by atoms with van der Waals surface area (Å²) in [5, 5.41) is 14.1. The summed E-state index contributed by atoms with van der Waals surface area (Å²) >= 11 is 7.38. The molecule has 2 rings (SSSR count). The van der Waals surface area contributed by atoms with Crippen molar-refractivity contribution in [1.82, 2.24) is 0 Å². The van der Waals surface area contributed by atoms with Crippen LogP contribution in [0.2, 0.25) is 4.34 Å². The summed E-state index contributed by atoms with van der Waals surface area (Å²) in [5.74, 6) is 0.671. The van der Waals surface area contributed by atoms with E-state index in [4.69, 9.17) is 27.2 Å². The first kappa shape index (κ1) is 14.0. The molecule has 0 aliphatic heterocycles. The molecule has 0 saturated heterocycles. The van der Waals surface area contributed by atoms with E-state index in [9.17, 15) is 0 Å². The first-order valence-electron chi connectivity index (χ1n) is 5.79. The van der Waals surface area contributed by atoms with Crippen molar-refractivity contribution in [1.29, 1.82) is 0 Å². The van der Waals surface area contributed by atoms with Gasteiger partial charge in [-0.25, -0.2) is 0 Å². The third-order valence-electron chi connectivity index (χ3n) is 2.46. The molecular weight excluding hydrogens is 284 g/mol. The number of nitrogens with two attached hydrogens (primary N) is 1. The number of aliphatic hydroxyl groups is 1.